The number of thiocarbonyl (C=S) groups is 1. The molecule has 1 N–H and O–H groups in total. The molecule has 0 aliphatic carbocycles. The number of hydrogen-bond donors (Lipinski definition) is 1. The summed E-state index contributed by atoms with van der Waals surface area (Å²) < 4.78 is 0. The zero-order chi connectivity index (χ0) is 9.84. The zero-order valence-electron chi connectivity index (χ0n) is 7.23. The van der Waals surface area contributed by atoms with Crippen molar-refractivity contribution in [2.45, 2.75) is 12.8 Å². The highest BCUT2D eigenvalue weighted by molar-refractivity contribution is 7.79. The van der Waals surface area contributed by atoms with E-state index in [0.717, 1.165) is 11.1 Å². The van der Waals surface area contributed by atoms with Gasteiger partial charge in [-0.1, -0.05) is 42.0 Å². The third kappa shape index (κ3) is 2.36. The molecule has 0 aromatic heterocycles. The van der Waals surface area contributed by atoms with Gasteiger partial charge in [0.05, 0.1) is 0 Å². The summed E-state index contributed by atoms with van der Waals surface area (Å²) >= 11 is 4.66. The van der Waals surface area contributed by atoms with Crippen LogP contribution < -0.4 is 0 Å². The van der Waals surface area contributed by atoms with E-state index in [1.165, 1.54) is 5.37 Å². The molecule has 0 spiro atoms. The lowest BCUT2D eigenvalue weighted by Crippen LogP contribution is -2.11. The molecule has 2 nitrogen and oxygen atoms in total. The number of carboxylic acids is 1. The molecule has 0 heterocycles. The van der Waals surface area contributed by atoms with Gasteiger partial charge in [0.25, 0.3) is 0 Å². The fourth-order valence-electron chi connectivity index (χ4n) is 1.05. The monoisotopic (exact) mass is 194 g/mol. The van der Waals surface area contributed by atoms with Crippen LogP contribution in [0.4, 0.5) is 0 Å². The van der Waals surface area contributed by atoms with Crippen molar-refractivity contribution < 1.29 is 9.90 Å². The molecule has 1 aromatic carbocycles. The first-order chi connectivity index (χ1) is 6.15. The van der Waals surface area contributed by atoms with Crippen LogP contribution in [0.3, 0.4) is 0 Å². The maximum atomic E-state index is 10.7. The Morgan fingerprint density at radius 3 is 2.38 bits per heavy atom. The van der Waals surface area contributed by atoms with Crippen molar-refractivity contribution in [1.82, 2.24) is 0 Å². The number of hydrogen-bond acceptors (Lipinski definition) is 2. The Labute approximate surface area is 82.2 Å². The molecule has 0 aliphatic rings. The lowest BCUT2D eigenvalue weighted by Gasteiger charge is -2.06. The summed E-state index contributed by atoms with van der Waals surface area (Å²) in [6.45, 7) is 1.96. The maximum absolute atomic E-state index is 10.7. The molecular weight excluding hydrogens is 184 g/mol. The summed E-state index contributed by atoms with van der Waals surface area (Å²) in [5.74, 6) is -1.57. The Kier molecular flexibility index (Phi) is 3.14. The highest BCUT2D eigenvalue weighted by Crippen LogP contribution is 2.14. The lowest BCUT2D eigenvalue weighted by atomic mass is 10.0. The van der Waals surface area contributed by atoms with Gasteiger partial charge in [0, 0.05) is 0 Å². The van der Waals surface area contributed by atoms with Gasteiger partial charge in [0.1, 0.15) is 5.92 Å². The number of benzene rings is 1. The quantitative estimate of drug-likeness (QED) is 0.749. The predicted molar refractivity (Wildman–Crippen MR) is 55.2 cm³/mol. The first-order valence-electron chi connectivity index (χ1n) is 3.90. The normalized spacial score (nSPS) is 12.1. The summed E-state index contributed by atoms with van der Waals surface area (Å²) in [5, 5.41) is 10.1. The van der Waals surface area contributed by atoms with Crippen molar-refractivity contribution in [1.29, 1.82) is 0 Å². The molecule has 1 unspecified atom stereocenters. The van der Waals surface area contributed by atoms with Crippen LogP contribution in [0.2, 0.25) is 0 Å². The van der Waals surface area contributed by atoms with E-state index < -0.39 is 11.9 Å². The molecule has 13 heavy (non-hydrogen) atoms. The van der Waals surface area contributed by atoms with Gasteiger partial charge < -0.3 is 5.11 Å². The molecule has 1 atom stereocenters. The Morgan fingerprint density at radius 1 is 1.46 bits per heavy atom. The fourth-order valence-corrected chi connectivity index (χ4v) is 1.33. The van der Waals surface area contributed by atoms with Gasteiger partial charge >= 0.3 is 5.97 Å². The van der Waals surface area contributed by atoms with E-state index in [9.17, 15) is 4.79 Å². The number of aryl methyl sites for hydroxylation is 1. The largest absolute Gasteiger partial charge is 0.481 e. The van der Waals surface area contributed by atoms with Crippen molar-refractivity contribution in [3.63, 3.8) is 0 Å². The van der Waals surface area contributed by atoms with Crippen LogP contribution in [0.25, 0.3) is 0 Å². The van der Waals surface area contributed by atoms with E-state index in [4.69, 9.17) is 5.11 Å². The number of carbonyl (C=O) groups is 1. The Bertz CT molecular complexity index is 316. The van der Waals surface area contributed by atoms with Crippen LogP contribution in [0, 0.1) is 6.92 Å². The minimum Gasteiger partial charge on any atom is -0.481 e. The van der Waals surface area contributed by atoms with Crippen LogP contribution in [-0.2, 0) is 4.79 Å². The molecule has 0 saturated heterocycles. The van der Waals surface area contributed by atoms with Crippen molar-refractivity contribution in [2.75, 3.05) is 0 Å². The SMILES string of the molecule is Cc1ccc(C(C=S)C(=O)O)cc1. The zero-order valence-corrected chi connectivity index (χ0v) is 8.04. The Balaban J connectivity index is 2.99. The molecular formula is C10H10O2S. The number of carboxylic acid groups (broad SMARTS) is 1. The highest BCUT2D eigenvalue weighted by atomic mass is 32.1. The van der Waals surface area contributed by atoms with Crippen LogP contribution in [0.1, 0.15) is 17.0 Å². The highest BCUT2D eigenvalue weighted by Gasteiger charge is 2.15. The molecule has 0 fully saturated rings. The van der Waals surface area contributed by atoms with Crippen molar-refractivity contribution >= 4 is 23.6 Å². The van der Waals surface area contributed by atoms with Crippen LogP contribution >= 0.6 is 12.2 Å². The summed E-state index contributed by atoms with van der Waals surface area (Å²) in [5.41, 5.74) is 1.84. The molecule has 0 bridgehead atoms. The van der Waals surface area contributed by atoms with Gasteiger partial charge in [-0.3, -0.25) is 4.79 Å². The second-order valence-corrected chi connectivity index (χ2v) is 3.13. The van der Waals surface area contributed by atoms with E-state index in [0.29, 0.717) is 0 Å². The summed E-state index contributed by atoms with van der Waals surface area (Å²) in [4.78, 5) is 10.7. The molecule has 0 radical (unpaired) electrons. The molecule has 3 heteroatoms. The summed E-state index contributed by atoms with van der Waals surface area (Å²) in [6, 6.07) is 7.34. The number of rotatable bonds is 3. The predicted octanol–water partition coefficient (Wildman–Crippen LogP) is 2.16. The molecule has 0 amide bonds. The summed E-state index contributed by atoms with van der Waals surface area (Å²) in [6.07, 6.45) is 0. The first-order valence-corrected chi connectivity index (χ1v) is 4.37. The lowest BCUT2D eigenvalue weighted by molar-refractivity contribution is -0.136. The minimum absolute atomic E-state index is 0.671. The van der Waals surface area contributed by atoms with E-state index in [1.807, 2.05) is 19.1 Å². The van der Waals surface area contributed by atoms with Gasteiger partial charge in [-0.05, 0) is 17.9 Å². The van der Waals surface area contributed by atoms with Crippen LogP contribution in [-0.4, -0.2) is 16.4 Å². The summed E-state index contributed by atoms with van der Waals surface area (Å²) in [7, 11) is 0. The molecule has 1 rings (SSSR count). The van der Waals surface area contributed by atoms with E-state index >= 15 is 0 Å². The third-order valence-corrected chi connectivity index (χ3v) is 2.11. The average Bonchev–Trinajstić information content (AvgIpc) is 2.09. The molecule has 68 valence electrons. The van der Waals surface area contributed by atoms with Gasteiger partial charge in [-0.25, -0.2) is 0 Å². The Hall–Kier alpha value is -1.22. The van der Waals surface area contributed by atoms with Gasteiger partial charge in [-0.2, -0.15) is 0 Å². The smallest absolute Gasteiger partial charge is 0.315 e. The van der Waals surface area contributed by atoms with Crippen LogP contribution in [0.5, 0.6) is 0 Å². The van der Waals surface area contributed by atoms with Crippen molar-refractivity contribution in [2.24, 2.45) is 0 Å². The van der Waals surface area contributed by atoms with E-state index in [-0.39, 0.29) is 0 Å². The molecule has 1 aromatic rings. The average molecular weight is 194 g/mol. The standard InChI is InChI=1S/C10H10O2S/c1-7-2-4-8(5-3-7)9(6-13)10(11)12/h2-6,9H,1H3,(H,11,12). The number of aliphatic carboxylic acids is 1. The first kappa shape index (κ1) is 9.86. The van der Waals surface area contributed by atoms with Crippen LogP contribution in [0.15, 0.2) is 24.3 Å². The maximum Gasteiger partial charge on any atom is 0.315 e. The topological polar surface area (TPSA) is 37.3 Å². The third-order valence-electron chi connectivity index (χ3n) is 1.84. The van der Waals surface area contributed by atoms with Gasteiger partial charge in [-0.15, -0.1) is 0 Å². The molecule has 0 saturated carbocycles. The fraction of sp³-hybridized carbons (Fsp3) is 0.200. The molecule has 0 aliphatic heterocycles. The van der Waals surface area contributed by atoms with Gasteiger partial charge in [0.2, 0.25) is 0 Å². The minimum atomic E-state index is -0.904. The Morgan fingerprint density at radius 2 is 2.00 bits per heavy atom. The second kappa shape index (κ2) is 4.14. The van der Waals surface area contributed by atoms with Gasteiger partial charge in [0.15, 0.2) is 0 Å². The van der Waals surface area contributed by atoms with Crippen molar-refractivity contribution in [3.05, 3.63) is 35.4 Å². The van der Waals surface area contributed by atoms with E-state index in [2.05, 4.69) is 12.2 Å². The van der Waals surface area contributed by atoms with Crippen molar-refractivity contribution in [3.8, 4) is 0 Å². The second-order valence-electron chi connectivity index (χ2n) is 2.86. The van der Waals surface area contributed by atoms with E-state index in [1.54, 1.807) is 12.1 Å².